The first-order chi connectivity index (χ1) is 9.74. The number of rotatable bonds is 2. The number of hydrogen-bond donors (Lipinski definition) is 2. The number of hydrogen-bond acceptors (Lipinski definition) is 4. The zero-order valence-electron chi connectivity index (χ0n) is 11.5. The monoisotopic (exact) mass is 268 g/mol. The van der Waals surface area contributed by atoms with Gasteiger partial charge in [0.1, 0.15) is 5.82 Å². The van der Waals surface area contributed by atoms with Gasteiger partial charge in [-0.2, -0.15) is 0 Å². The maximum atomic E-state index is 6.03. The van der Waals surface area contributed by atoms with Gasteiger partial charge in [0.05, 0.1) is 17.6 Å². The van der Waals surface area contributed by atoms with Crippen molar-refractivity contribution in [3.63, 3.8) is 0 Å². The van der Waals surface area contributed by atoms with E-state index in [4.69, 9.17) is 16.5 Å². The predicted molar refractivity (Wildman–Crippen MR) is 82.1 cm³/mol. The molecule has 1 heterocycles. The Kier molecular flexibility index (Phi) is 3.54. The van der Waals surface area contributed by atoms with Crippen LogP contribution in [-0.2, 0) is 0 Å². The molecule has 0 unspecified atom stereocenters. The lowest BCUT2D eigenvalue weighted by molar-refractivity contribution is 0.437. The molecule has 1 fully saturated rings. The van der Waals surface area contributed by atoms with E-state index in [9.17, 15) is 0 Å². The van der Waals surface area contributed by atoms with Crippen LogP contribution >= 0.6 is 0 Å². The van der Waals surface area contributed by atoms with Crippen molar-refractivity contribution in [1.82, 2.24) is 9.97 Å². The van der Waals surface area contributed by atoms with Gasteiger partial charge in [0.2, 0.25) is 0 Å². The minimum Gasteiger partial charge on any atom is -0.399 e. The highest BCUT2D eigenvalue weighted by Crippen LogP contribution is 2.34. The van der Waals surface area contributed by atoms with Crippen LogP contribution in [0.4, 0.5) is 11.5 Å². The van der Waals surface area contributed by atoms with Crippen molar-refractivity contribution < 1.29 is 0 Å². The second-order valence-corrected chi connectivity index (χ2v) is 5.48. The van der Waals surface area contributed by atoms with Crippen molar-refractivity contribution in [2.45, 2.75) is 38.0 Å². The molecule has 0 aliphatic heterocycles. The average Bonchev–Trinajstić information content (AvgIpc) is 2.50. The van der Waals surface area contributed by atoms with Gasteiger partial charge in [0, 0.05) is 17.2 Å². The van der Waals surface area contributed by atoms with Crippen LogP contribution in [0.3, 0.4) is 0 Å². The highest BCUT2D eigenvalue weighted by atomic mass is 14.9. The predicted octanol–water partition coefficient (Wildman–Crippen LogP) is 3.36. The first-order valence-electron chi connectivity index (χ1n) is 7.22. The van der Waals surface area contributed by atoms with Gasteiger partial charge < -0.3 is 11.5 Å². The van der Waals surface area contributed by atoms with E-state index < -0.39 is 0 Å². The lowest BCUT2D eigenvalue weighted by atomic mass is 9.86. The molecule has 2 aromatic rings. The number of anilines is 2. The zero-order valence-corrected chi connectivity index (χ0v) is 11.5. The molecule has 1 saturated carbocycles. The third kappa shape index (κ3) is 2.59. The molecule has 1 aromatic heterocycles. The molecule has 0 spiro atoms. The van der Waals surface area contributed by atoms with Crippen LogP contribution in [-0.4, -0.2) is 9.97 Å². The maximum Gasteiger partial charge on any atom is 0.145 e. The lowest BCUT2D eigenvalue weighted by Gasteiger charge is -2.22. The molecule has 20 heavy (non-hydrogen) atoms. The van der Waals surface area contributed by atoms with Crippen molar-refractivity contribution in [1.29, 1.82) is 0 Å². The van der Waals surface area contributed by atoms with Crippen LogP contribution in [0.15, 0.2) is 30.5 Å². The number of aromatic nitrogens is 2. The number of benzene rings is 1. The Labute approximate surface area is 119 Å². The minimum atomic E-state index is 0.463. The molecule has 4 heteroatoms. The molecule has 1 aliphatic carbocycles. The Balaban J connectivity index is 1.95. The van der Waals surface area contributed by atoms with Crippen molar-refractivity contribution in [3.8, 4) is 11.3 Å². The Morgan fingerprint density at radius 3 is 2.35 bits per heavy atom. The van der Waals surface area contributed by atoms with Gasteiger partial charge in [0.25, 0.3) is 0 Å². The fourth-order valence-electron chi connectivity index (χ4n) is 2.88. The lowest BCUT2D eigenvalue weighted by Crippen LogP contribution is -2.11. The van der Waals surface area contributed by atoms with Gasteiger partial charge in [-0.3, -0.25) is 0 Å². The third-order valence-corrected chi connectivity index (χ3v) is 4.03. The summed E-state index contributed by atoms with van der Waals surface area (Å²) < 4.78 is 0. The summed E-state index contributed by atoms with van der Waals surface area (Å²) in [5.41, 5.74) is 15.4. The Morgan fingerprint density at radius 1 is 0.950 bits per heavy atom. The van der Waals surface area contributed by atoms with E-state index in [2.05, 4.69) is 4.98 Å². The second-order valence-electron chi connectivity index (χ2n) is 5.48. The number of nitrogen functional groups attached to an aromatic ring is 2. The maximum absolute atomic E-state index is 6.03. The Hall–Kier alpha value is -2.10. The molecule has 1 aromatic carbocycles. The average molecular weight is 268 g/mol. The van der Waals surface area contributed by atoms with Crippen LogP contribution < -0.4 is 11.5 Å². The summed E-state index contributed by atoms with van der Waals surface area (Å²) in [4.78, 5) is 9.10. The van der Waals surface area contributed by atoms with Gasteiger partial charge in [-0.05, 0) is 25.0 Å². The standard InChI is InChI=1S/C16H20N4/c17-13-8-6-11(7-9-13)14-10-19-16(18)15(20-14)12-4-2-1-3-5-12/h6-10,12H,1-5,17H2,(H2,18,19). The fourth-order valence-corrected chi connectivity index (χ4v) is 2.88. The molecule has 0 saturated heterocycles. The van der Waals surface area contributed by atoms with E-state index in [0.29, 0.717) is 11.7 Å². The Morgan fingerprint density at radius 2 is 1.65 bits per heavy atom. The summed E-state index contributed by atoms with van der Waals surface area (Å²) in [5, 5.41) is 0. The van der Waals surface area contributed by atoms with Crippen LogP contribution in [0, 0.1) is 0 Å². The smallest absolute Gasteiger partial charge is 0.145 e. The molecular formula is C16H20N4. The van der Waals surface area contributed by atoms with Gasteiger partial charge in [-0.25, -0.2) is 9.97 Å². The SMILES string of the molecule is Nc1ccc(-c2cnc(N)c(C3CCCCC3)n2)cc1. The molecular weight excluding hydrogens is 248 g/mol. The fraction of sp³-hybridized carbons (Fsp3) is 0.375. The van der Waals surface area contributed by atoms with Gasteiger partial charge in [0.15, 0.2) is 0 Å². The molecule has 4 N–H and O–H groups in total. The molecule has 4 nitrogen and oxygen atoms in total. The molecule has 1 aliphatic rings. The number of nitrogens with two attached hydrogens (primary N) is 2. The van der Waals surface area contributed by atoms with E-state index in [-0.39, 0.29) is 0 Å². The summed E-state index contributed by atoms with van der Waals surface area (Å²) in [6.07, 6.45) is 7.93. The second kappa shape index (κ2) is 5.49. The van der Waals surface area contributed by atoms with E-state index in [1.807, 2.05) is 24.3 Å². The summed E-state index contributed by atoms with van der Waals surface area (Å²) >= 11 is 0. The highest BCUT2D eigenvalue weighted by molar-refractivity contribution is 5.62. The first-order valence-corrected chi connectivity index (χ1v) is 7.22. The van der Waals surface area contributed by atoms with E-state index in [1.54, 1.807) is 6.20 Å². The van der Waals surface area contributed by atoms with Gasteiger partial charge in [-0.1, -0.05) is 31.4 Å². The third-order valence-electron chi connectivity index (χ3n) is 4.03. The molecule has 0 bridgehead atoms. The van der Waals surface area contributed by atoms with Crippen LogP contribution in [0.5, 0.6) is 0 Å². The largest absolute Gasteiger partial charge is 0.399 e. The van der Waals surface area contributed by atoms with E-state index in [1.165, 1.54) is 32.1 Å². The minimum absolute atomic E-state index is 0.463. The number of nitrogens with zero attached hydrogens (tertiary/aromatic N) is 2. The van der Waals surface area contributed by atoms with Crippen LogP contribution in [0.1, 0.15) is 43.7 Å². The molecule has 104 valence electrons. The molecule has 0 radical (unpaired) electrons. The van der Waals surface area contributed by atoms with Crippen LogP contribution in [0.25, 0.3) is 11.3 Å². The van der Waals surface area contributed by atoms with Gasteiger partial charge in [-0.15, -0.1) is 0 Å². The highest BCUT2D eigenvalue weighted by Gasteiger charge is 2.20. The van der Waals surface area contributed by atoms with Crippen molar-refractivity contribution in [3.05, 3.63) is 36.2 Å². The van der Waals surface area contributed by atoms with Crippen molar-refractivity contribution in [2.75, 3.05) is 11.5 Å². The van der Waals surface area contributed by atoms with Crippen molar-refractivity contribution in [2.24, 2.45) is 0 Å². The quantitative estimate of drug-likeness (QED) is 0.819. The van der Waals surface area contributed by atoms with Crippen LogP contribution in [0.2, 0.25) is 0 Å². The Bertz CT molecular complexity index is 586. The molecule has 0 atom stereocenters. The van der Waals surface area contributed by atoms with E-state index in [0.717, 1.165) is 22.6 Å². The summed E-state index contributed by atoms with van der Waals surface area (Å²) in [7, 11) is 0. The molecule has 3 rings (SSSR count). The summed E-state index contributed by atoms with van der Waals surface area (Å²) in [6.45, 7) is 0. The summed E-state index contributed by atoms with van der Waals surface area (Å²) in [6, 6.07) is 7.71. The topological polar surface area (TPSA) is 77.8 Å². The zero-order chi connectivity index (χ0) is 13.9. The first kappa shape index (κ1) is 12.9. The van der Waals surface area contributed by atoms with Gasteiger partial charge >= 0.3 is 0 Å². The van der Waals surface area contributed by atoms with E-state index >= 15 is 0 Å². The normalized spacial score (nSPS) is 16.2. The summed E-state index contributed by atoms with van der Waals surface area (Å²) in [5.74, 6) is 1.04. The molecule has 0 amide bonds. The van der Waals surface area contributed by atoms with Crippen molar-refractivity contribution >= 4 is 11.5 Å².